The van der Waals surface area contributed by atoms with Crippen molar-refractivity contribution in [1.29, 1.82) is 0 Å². The van der Waals surface area contributed by atoms with Gasteiger partial charge in [0, 0.05) is 18.6 Å². The standard InChI is InChI=1S/C15H32N2/c1-5-7-15-12-17(11-6-10-16-15)14(4)9-8-13(2)3/h13-16H,5-12H2,1-4H3. The molecule has 2 nitrogen and oxygen atoms in total. The van der Waals surface area contributed by atoms with E-state index >= 15 is 0 Å². The number of nitrogens with one attached hydrogen (secondary N) is 1. The molecule has 2 heteroatoms. The molecule has 1 fully saturated rings. The average molecular weight is 240 g/mol. The van der Waals surface area contributed by atoms with E-state index in [4.69, 9.17) is 0 Å². The van der Waals surface area contributed by atoms with Gasteiger partial charge < -0.3 is 5.32 Å². The molecule has 0 spiro atoms. The molecule has 0 bridgehead atoms. The maximum Gasteiger partial charge on any atom is 0.0195 e. The van der Waals surface area contributed by atoms with Crippen LogP contribution in [0.2, 0.25) is 0 Å². The first-order valence-electron chi connectivity index (χ1n) is 7.61. The molecule has 1 rings (SSSR count). The fraction of sp³-hybridized carbons (Fsp3) is 1.00. The van der Waals surface area contributed by atoms with Crippen molar-refractivity contribution in [3.63, 3.8) is 0 Å². The van der Waals surface area contributed by atoms with Crippen molar-refractivity contribution >= 4 is 0 Å². The Morgan fingerprint density at radius 2 is 2.00 bits per heavy atom. The van der Waals surface area contributed by atoms with E-state index in [0.717, 1.165) is 18.0 Å². The summed E-state index contributed by atoms with van der Waals surface area (Å²) < 4.78 is 0. The SMILES string of the molecule is CCCC1CN(C(C)CCC(C)C)CCCN1. The highest BCUT2D eigenvalue weighted by atomic mass is 15.2. The summed E-state index contributed by atoms with van der Waals surface area (Å²) in [6, 6.07) is 1.49. The quantitative estimate of drug-likeness (QED) is 0.766. The molecule has 1 aliphatic rings. The third-order valence-corrected chi connectivity index (χ3v) is 3.93. The van der Waals surface area contributed by atoms with Crippen molar-refractivity contribution in [1.82, 2.24) is 10.2 Å². The fourth-order valence-electron chi connectivity index (χ4n) is 2.73. The number of hydrogen-bond donors (Lipinski definition) is 1. The van der Waals surface area contributed by atoms with E-state index in [1.165, 1.54) is 51.7 Å². The van der Waals surface area contributed by atoms with Gasteiger partial charge >= 0.3 is 0 Å². The Morgan fingerprint density at radius 1 is 1.24 bits per heavy atom. The maximum atomic E-state index is 3.69. The molecule has 0 aromatic rings. The molecule has 1 heterocycles. The summed E-state index contributed by atoms with van der Waals surface area (Å²) in [7, 11) is 0. The Kier molecular flexibility index (Phi) is 7.14. The zero-order valence-electron chi connectivity index (χ0n) is 12.3. The molecular weight excluding hydrogens is 208 g/mol. The molecule has 1 N–H and O–H groups in total. The lowest BCUT2D eigenvalue weighted by Gasteiger charge is -2.30. The topological polar surface area (TPSA) is 15.3 Å². The lowest BCUT2D eigenvalue weighted by atomic mass is 10.0. The number of rotatable bonds is 6. The lowest BCUT2D eigenvalue weighted by molar-refractivity contribution is 0.187. The third kappa shape index (κ3) is 5.87. The highest BCUT2D eigenvalue weighted by Crippen LogP contribution is 2.15. The van der Waals surface area contributed by atoms with Gasteiger partial charge in [-0.2, -0.15) is 0 Å². The van der Waals surface area contributed by atoms with Gasteiger partial charge in [-0.3, -0.25) is 4.90 Å². The van der Waals surface area contributed by atoms with Gasteiger partial charge in [0.15, 0.2) is 0 Å². The monoisotopic (exact) mass is 240 g/mol. The van der Waals surface area contributed by atoms with E-state index in [0.29, 0.717) is 0 Å². The lowest BCUT2D eigenvalue weighted by Crippen LogP contribution is -2.41. The molecule has 2 atom stereocenters. The minimum Gasteiger partial charge on any atom is -0.313 e. The average Bonchev–Trinajstić information content (AvgIpc) is 2.52. The first-order valence-corrected chi connectivity index (χ1v) is 7.61. The second-order valence-electron chi connectivity index (χ2n) is 6.11. The summed E-state index contributed by atoms with van der Waals surface area (Å²) in [4.78, 5) is 2.71. The zero-order chi connectivity index (χ0) is 12.7. The van der Waals surface area contributed by atoms with Crippen LogP contribution in [0.1, 0.15) is 59.8 Å². The summed E-state index contributed by atoms with van der Waals surface area (Å²) in [6.45, 7) is 13.1. The van der Waals surface area contributed by atoms with E-state index in [9.17, 15) is 0 Å². The largest absolute Gasteiger partial charge is 0.313 e. The Morgan fingerprint density at radius 3 is 2.65 bits per heavy atom. The molecule has 0 aromatic carbocycles. The van der Waals surface area contributed by atoms with Crippen LogP contribution in [-0.4, -0.2) is 36.6 Å². The molecule has 1 saturated heterocycles. The van der Waals surface area contributed by atoms with Crippen molar-refractivity contribution in [3.8, 4) is 0 Å². The highest BCUT2D eigenvalue weighted by molar-refractivity contribution is 4.79. The van der Waals surface area contributed by atoms with E-state index in [-0.39, 0.29) is 0 Å². The summed E-state index contributed by atoms with van der Waals surface area (Å²) in [5.74, 6) is 0.842. The van der Waals surface area contributed by atoms with Crippen LogP contribution in [0.4, 0.5) is 0 Å². The molecule has 0 aromatic heterocycles. The Balaban J connectivity index is 2.38. The predicted octanol–water partition coefficient (Wildman–Crippen LogP) is 3.28. The Labute approximate surface area is 108 Å². The van der Waals surface area contributed by atoms with Crippen molar-refractivity contribution in [2.24, 2.45) is 5.92 Å². The van der Waals surface area contributed by atoms with Crippen molar-refractivity contribution in [2.75, 3.05) is 19.6 Å². The minimum absolute atomic E-state index is 0.726. The third-order valence-electron chi connectivity index (χ3n) is 3.93. The summed E-state index contributed by atoms with van der Waals surface area (Å²) in [6.07, 6.45) is 6.66. The molecule has 17 heavy (non-hydrogen) atoms. The number of nitrogens with zero attached hydrogens (tertiary/aromatic N) is 1. The zero-order valence-corrected chi connectivity index (χ0v) is 12.3. The van der Waals surface area contributed by atoms with Crippen LogP contribution < -0.4 is 5.32 Å². The van der Waals surface area contributed by atoms with Crippen LogP contribution in [0.25, 0.3) is 0 Å². The van der Waals surface area contributed by atoms with Gasteiger partial charge in [-0.15, -0.1) is 0 Å². The van der Waals surface area contributed by atoms with E-state index in [2.05, 4.69) is 37.9 Å². The summed E-state index contributed by atoms with van der Waals surface area (Å²) in [5.41, 5.74) is 0. The van der Waals surface area contributed by atoms with Crippen LogP contribution in [-0.2, 0) is 0 Å². The van der Waals surface area contributed by atoms with E-state index < -0.39 is 0 Å². The molecule has 0 aliphatic carbocycles. The smallest absolute Gasteiger partial charge is 0.0195 e. The second-order valence-corrected chi connectivity index (χ2v) is 6.11. The van der Waals surface area contributed by atoms with Crippen LogP contribution in [0.5, 0.6) is 0 Å². The van der Waals surface area contributed by atoms with Gasteiger partial charge in [0.2, 0.25) is 0 Å². The Hall–Kier alpha value is -0.0800. The molecule has 2 unspecified atom stereocenters. The van der Waals surface area contributed by atoms with Crippen molar-refractivity contribution in [2.45, 2.75) is 71.9 Å². The van der Waals surface area contributed by atoms with Crippen molar-refractivity contribution < 1.29 is 0 Å². The molecule has 102 valence electrons. The van der Waals surface area contributed by atoms with Gasteiger partial charge in [-0.05, 0) is 51.6 Å². The minimum atomic E-state index is 0.726. The second kappa shape index (κ2) is 8.10. The number of hydrogen-bond acceptors (Lipinski definition) is 2. The van der Waals surface area contributed by atoms with Crippen LogP contribution in [0.3, 0.4) is 0 Å². The van der Waals surface area contributed by atoms with Gasteiger partial charge in [0.1, 0.15) is 0 Å². The van der Waals surface area contributed by atoms with Gasteiger partial charge in [0.25, 0.3) is 0 Å². The van der Waals surface area contributed by atoms with Crippen LogP contribution >= 0.6 is 0 Å². The van der Waals surface area contributed by atoms with Crippen molar-refractivity contribution in [3.05, 3.63) is 0 Å². The Bertz CT molecular complexity index is 191. The summed E-state index contributed by atoms with van der Waals surface area (Å²) >= 11 is 0. The van der Waals surface area contributed by atoms with Gasteiger partial charge in [-0.1, -0.05) is 27.2 Å². The van der Waals surface area contributed by atoms with Gasteiger partial charge in [-0.25, -0.2) is 0 Å². The fourth-order valence-corrected chi connectivity index (χ4v) is 2.73. The van der Waals surface area contributed by atoms with E-state index in [1.54, 1.807) is 0 Å². The normalized spacial score (nSPS) is 24.9. The highest BCUT2D eigenvalue weighted by Gasteiger charge is 2.20. The van der Waals surface area contributed by atoms with Gasteiger partial charge in [0.05, 0.1) is 0 Å². The first kappa shape index (κ1) is 15.0. The molecule has 0 radical (unpaired) electrons. The first-order chi connectivity index (χ1) is 8.13. The van der Waals surface area contributed by atoms with E-state index in [1.807, 2.05) is 0 Å². The maximum absolute atomic E-state index is 3.69. The summed E-state index contributed by atoms with van der Waals surface area (Å²) in [5, 5.41) is 3.69. The molecular formula is C15H32N2. The van der Waals surface area contributed by atoms with Crippen LogP contribution in [0.15, 0.2) is 0 Å². The molecule has 0 amide bonds. The van der Waals surface area contributed by atoms with Crippen LogP contribution in [0, 0.1) is 5.92 Å². The predicted molar refractivity (Wildman–Crippen MR) is 76.4 cm³/mol. The molecule has 0 saturated carbocycles. The molecule has 1 aliphatic heterocycles.